The van der Waals surface area contributed by atoms with E-state index in [-0.39, 0.29) is 5.91 Å². The standard InChI is InChI=1S/C16H14N2O2/c1-11-2-4-12(5-3-11)8-16(19)18-13-6-7-14-15(9-13)20-10-17-14/h2-7,9-10H,8H2,1H3,(H,18,19). The van der Waals surface area contributed by atoms with Gasteiger partial charge in [0.05, 0.1) is 6.42 Å². The molecular weight excluding hydrogens is 252 g/mol. The highest BCUT2D eigenvalue weighted by molar-refractivity contribution is 5.93. The first-order valence-corrected chi connectivity index (χ1v) is 6.39. The highest BCUT2D eigenvalue weighted by atomic mass is 16.3. The molecule has 1 amide bonds. The normalized spacial score (nSPS) is 10.7. The van der Waals surface area contributed by atoms with Crippen molar-refractivity contribution in [3.05, 3.63) is 60.0 Å². The molecule has 0 fully saturated rings. The van der Waals surface area contributed by atoms with Crippen LogP contribution in [0.1, 0.15) is 11.1 Å². The van der Waals surface area contributed by atoms with Crippen molar-refractivity contribution >= 4 is 22.7 Å². The zero-order valence-corrected chi connectivity index (χ0v) is 11.1. The molecule has 0 saturated carbocycles. The van der Waals surface area contributed by atoms with Crippen molar-refractivity contribution < 1.29 is 9.21 Å². The molecule has 1 aromatic heterocycles. The van der Waals surface area contributed by atoms with Gasteiger partial charge in [-0.15, -0.1) is 0 Å². The van der Waals surface area contributed by atoms with Crippen LogP contribution in [0.4, 0.5) is 5.69 Å². The van der Waals surface area contributed by atoms with E-state index in [0.29, 0.717) is 17.7 Å². The second-order valence-electron chi connectivity index (χ2n) is 4.75. The second kappa shape index (κ2) is 5.17. The van der Waals surface area contributed by atoms with Crippen LogP contribution in [-0.4, -0.2) is 10.9 Å². The summed E-state index contributed by atoms with van der Waals surface area (Å²) in [7, 11) is 0. The molecule has 3 aromatic rings. The summed E-state index contributed by atoms with van der Waals surface area (Å²) in [6.07, 6.45) is 1.75. The molecule has 0 atom stereocenters. The van der Waals surface area contributed by atoms with Crippen molar-refractivity contribution in [3.8, 4) is 0 Å². The molecule has 20 heavy (non-hydrogen) atoms. The van der Waals surface area contributed by atoms with Gasteiger partial charge in [-0.05, 0) is 24.6 Å². The van der Waals surface area contributed by atoms with Gasteiger partial charge in [-0.2, -0.15) is 0 Å². The van der Waals surface area contributed by atoms with Crippen LogP contribution in [0.3, 0.4) is 0 Å². The number of benzene rings is 2. The largest absolute Gasteiger partial charge is 0.443 e. The average molecular weight is 266 g/mol. The summed E-state index contributed by atoms with van der Waals surface area (Å²) in [4.78, 5) is 16.0. The number of hydrogen-bond donors (Lipinski definition) is 1. The van der Waals surface area contributed by atoms with Crippen molar-refractivity contribution in [3.63, 3.8) is 0 Å². The molecule has 0 bridgehead atoms. The number of carbonyl (C=O) groups excluding carboxylic acids is 1. The van der Waals surface area contributed by atoms with Crippen molar-refractivity contribution in [1.82, 2.24) is 4.98 Å². The maximum Gasteiger partial charge on any atom is 0.228 e. The SMILES string of the molecule is Cc1ccc(CC(=O)Nc2ccc3ncoc3c2)cc1. The Labute approximate surface area is 116 Å². The van der Waals surface area contributed by atoms with Crippen LogP contribution in [0.2, 0.25) is 0 Å². The Balaban J connectivity index is 1.70. The fourth-order valence-corrected chi connectivity index (χ4v) is 2.03. The molecule has 0 aliphatic heterocycles. The number of nitrogens with one attached hydrogen (secondary N) is 1. The number of aryl methyl sites for hydroxylation is 1. The van der Waals surface area contributed by atoms with Gasteiger partial charge in [0, 0.05) is 11.8 Å². The van der Waals surface area contributed by atoms with Crippen LogP contribution < -0.4 is 5.32 Å². The van der Waals surface area contributed by atoms with Gasteiger partial charge in [-0.1, -0.05) is 29.8 Å². The van der Waals surface area contributed by atoms with Gasteiger partial charge in [0.2, 0.25) is 5.91 Å². The van der Waals surface area contributed by atoms with E-state index in [1.54, 1.807) is 6.07 Å². The summed E-state index contributed by atoms with van der Waals surface area (Å²) < 4.78 is 5.21. The summed E-state index contributed by atoms with van der Waals surface area (Å²) in [5, 5.41) is 2.86. The van der Waals surface area contributed by atoms with Crippen molar-refractivity contribution in [2.75, 3.05) is 5.32 Å². The smallest absolute Gasteiger partial charge is 0.228 e. The quantitative estimate of drug-likeness (QED) is 0.791. The Morgan fingerprint density at radius 2 is 2.00 bits per heavy atom. The van der Waals surface area contributed by atoms with Crippen molar-refractivity contribution in [2.45, 2.75) is 13.3 Å². The Morgan fingerprint density at radius 1 is 1.20 bits per heavy atom. The Morgan fingerprint density at radius 3 is 2.80 bits per heavy atom. The van der Waals surface area contributed by atoms with E-state index in [1.807, 2.05) is 43.3 Å². The van der Waals surface area contributed by atoms with Crippen LogP contribution in [0.5, 0.6) is 0 Å². The van der Waals surface area contributed by atoms with Crippen LogP contribution >= 0.6 is 0 Å². The molecule has 2 aromatic carbocycles. The topological polar surface area (TPSA) is 55.1 Å². The molecule has 100 valence electrons. The van der Waals surface area contributed by atoms with Gasteiger partial charge in [-0.3, -0.25) is 4.79 Å². The van der Waals surface area contributed by atoms with E-state index in [4.69, 9.17) is 4.42 Å². The van der Waals surface area contributed by atoms with Crippen LogP contribution in [0.15, 0.2) is 53.3 Å². The van der Waals surface area contributed by atoms with Gasteiger partial charge in [0.25, 0.3) is 0 Å². The lowest BCUT2D eigenvalue weighted by atomic mass is 10.1. The summed E-state index contributed by atoms with van der Waals surface area (Å²) in [5.74, 6) is -0.0484. The minimum Gasteiger partial charge on any atom is -0.443 e. The number of aromatic nitrogens is 1. The molecule has 0 aliphatic carbocycles. The number of fused-ring (bicyclic) bond motifs is 1. The van der Waals surface area contributed by atoms with E-state index in [2.05, 4.69) is 10.3 Å². The lowest BCUT2D eigenvalue weighted by Gasteiger charge is -2.05. The molecule has 0 spiro atoms. The first kappa shape index (κ1) is 12.4. The maximum absolute atomic E-state index is 12.0. The third kappa shape index (κ3) is 2.69. The lowest BCUT2D eigenvalue weighted by Crippen LogP contribution is -2.14. The van der Waals surface area contributed by atoms with Gasteiger partial charge >= 0.3 is 0 Å². The van der Waals surface area contributed by atoms with Gasteiger partial charge < -0.3 is 9.73 Å². The fraction of sp³-hybridized carbons (Fsp3) is 0.125. The predicted molar refractivity (Wildman–Crippen MR) is 77.5 cm³/mol. The minimum absolute atomic E-state index is 0.0484. The number of rotatable bonds is 3. The van der Waals surface area contributed by atoms with Crippen LogP contribution in [0, 0.1) is 6.92 Å². The fourth-order valence-electron chi connectivity index (χ4n) is 2.03. The Kier molecular flexibility index (Phi) is 3.21. The third-order valence-electron chi connectivity index (χ3n) is 3.10. The molecule has 0 saturated heterocycles. The molecule has 1 N–H and O–H groups in total. The summed E-state index contributed by atoms with van der Waals surface area (Å²) in [6.45, 7) is 2.02. The Hall–Kier alpha value is -2.62. The summed E-state index contributed by atoms with van der Waals surface area (Å²) >= 11 is 0. The zero-order valence-electron chi connectivity index (χ0n) is 11.1. The maximum atomic E-state index is 12.0. The number of nitrogens with zero attached hydrogens (tertiary/aromatic N) is 1. The molecule has 0 aliphatic rings. The summed E-state index contributed by atoms with van der Waals surface area (Å²) in [5.41, 5.74) is 4.34. The van der Waals surface area contributed by atoms with Crippen LogP contribution in [0.25, 0.3) is 11.1 Å². The molecule has 1 heterocycles. The molecule has 4 nitrogen and oxygen atoms in total. The second-order valence-corrected chi connectivity index (χ2v) is 4.75. The van der Waals surface area contributed by atoms with E-state index >= 15 is 0 Å². The van der Waals surface area contributed by atoms with E-state index in [9.17, 15) is 4.79 Å². The van der Waals surface area contributed by atoms with Gasteiger partial charge in [-0.25, -0.2) is 4.98 Å². The van der Waals surface area contributed by atoms with Crippen molar-refractivity contribution in [1.29, 1.82) is 0 Å². The number of hydrogen-bond acceptors (Lipinski definition) is 3. The lowest BCUT2D eigenvalue weighted by molar-refractivity contribution is -0.115. The third-order valence-corrected chi connectivity index (χ3v) is 3.10. The number of carbonyl (C=O) groups is 1. The predicted octanol–water partition coefficient (Wildman–Crippen LogP) is 3.32. The molecule has 4 heteroatoms. The molecule has 0 unspecified atom stereocenters. The number of oxazole rings is 1. The first-order valence-electron chi connectivity index (χ1n) is 6.39. The first-order chi connectivity index (χ1) is 9.70. The van der Waals surface area contributed by atoms with E-state index in [1.165, 1.54) is 12.0 Å². The van der Waals surface area contributed by atoms with Gasteiger partial charge in [0.1, 0.15) is 5.52 Å². The monoisotopic (exact) mass is 266 g/mol. The molecular formula is C16H14N2O2. The molecule has 3 rings (SSSR count). The zero-order chi connectivity index (χ0) is 13.9. The molecule has 0 radical (unpaired) electrons. The number of amides is 1. The highest BCUT2D eigenvalue weighted by Gasteiger charge is 2.06. The van der Waals surface area contributed by atoms with E-state index < -0.39 is 0 Å². The van der Waals surface area contributed by atoms with Gasteiger partial charge in [0.15, 0.2) is 12.0 Å². The van der Waals surface area contributed by atoms with Crippen molar-refractivity contribution in [2.24, 2.45) is 0 Å². The average Bonchev–Trinajstić information content (AvgIpc) is 2.89. The summed E-state index contributed by atoms with van der Waals surface area (Å²) in [6, 6.07) is 13.4. The minimum atomic E-state index is -0.0484. The Bertz CT molecular complexity index is 745. The van der Waals surface area contributed by atoms with E-state index in [0.717, 1.165) is 11.1 Å². The van der Waals surface area contributed by atoms with Crippen LogP contribution in [-0.2, 0) is 11.2 Å². The highest BCUT2D eigenvalue weighted by Crippen LogP contribution is 2.18. The number of anilines is 1.